The zero-order valence-corrected chi connectivity index (χ0v) is 22.4. The van der Waals surface area contributed by atoms with E-state index in [4.69, 9.17) is 4.74 Å². The van der Waals surface area contributed by atoms with Crippen LogP contribution < -0.4 is 15.8 Å². The van der Waals surface area contributed by atoms with Gasteiger partial charge in [-0.1, -0.05) is 35.7 Å². The van der Waals surface area contributed by atoms with Crippen molar-refractivity contribution in [2.75, 3.05) is 43.2 Å². The number of pyridine rings is 1. The van der Waals surface area contributed by atoms with Gasteiger partial charge < -0.3 is 19.9 Å². The summed E-state index contributed by atoms with van der Waals surface area (Å²) in [5, 5.41) is 3.25. The molecular weight excluding hydrogens is 521 g/mol. The van der Waals surface area contributed by atoms with E-state index in [1.807, 2.05) is 31.2 Å². The first-order valence-electron chi connectivity index (χ1n) is 12.4. The van der Waals surface area contributed by atoms with Crippen LogP contribution in [0.1, 0.15) is 17.6 Å². The number of ether oxygens (including phenoxy) is 1. The molecule has 0 radical (unpaired) electrons. The smallest absolute Gasteiger partial charge is 0.250 e. The molecule has 2 N–H and O–H groups in total. The Morgan fingerprint density at radius 2 is 1.95 bits per heavy atom. The average Bonchev–Trinajstić information content (AvgIpc) is 2.94. The van der Waals surface area contributed by atoms with E-state index in [-0.39, 0.29) is 5.56 Å². The third kappa shape index (κ3) is 5.16. The molecule has 2 aromatic carbocycles. The van der Waals surface area contributed by atoms with E-state index in [1.54, 1.807) is 41.9 Å². The van der Waals surface area contributed by atoms with E-state index < -0.39 is 12.7 Å². The number of rotatable bonds is 6. The van der Waals surface area contributed by atoms with Crippen molar-refractivity contribution in [3.05, 3.63) is 82.7 Å². The van der Waals surface area contributed by atoms with E-state index in [0.29, 0.717) is 19.0 Å². The van der Waals surface area contributed by atoms with Crippen molar-refractivity contribution >= 4 is 34.9 Å². The summed E-state index contributed by atoms with van der Waals surface area (Å²) < 4.78 is 19.4. The minimum Gasteiger partial charge on any atom is -0.378 e. The number of aromatic nitrogens is 3. The molecule has 10 heteroatoms. The minimum absolute atomic E-state index is 0.119. The highest BCUT2D eigenvalue weighted by Crippen LogP contribution is 2.52. The summed E-state index contributed by atoms with van der Waals surface area (Å²) in [6.07, 6.45) is 1.65. The Morgan fingerprint density at radius 3 is 2.76 bits per heavy atom. The van der Waals surface area contributed by atoms with Crippen molar-refractivity contribution in [3.63, 3.8) is 0 Å². The number of nitrogens with one attached hydrogen (secondary N) is 2. The van der Waals surface area contributed by atoms with Crippen LogP contribution in [0.25, 0.3) is 11.3 Å². The van der Waals surface area contributed by atoms with Gasteiger partial charge in [-0.05, 0) is 43.3 Å². The molecular formula is C28H26FN5O2S2. The third-order valence-corrected chi connectivity index (χ3v) is 9.07. The van der Waals surface area contributed by atoms with Crippen LogP contribution in [-0.4, -0.2) is 47.9 Å². The van der Waals surface area contributed by atoms with Crippen LogP contribution in [0.4, 0.5) is 15.8 Å². The summed E-state index contributed by atoms with van der Waals surface area (Å²) in [4.78, 5) is 30.9. The zero-order chi connectivity index (χ0) is 26.1. The summed E-state index contributed by atoms with van der Waals surface area (Å²) in [6.45, 7) is 4.11. The molecule has 1 saturated heterocycles. The molecule has 7 nitrogen and oxygen atoms in total. The number of morpholine rings is 1. The van der Waals surface area contributed by atoms with Crippen LogP contribution in [-0.2, 0) is 4.74 Å². The zero-order valence-electron chi connectivity index (χ0n) is 20.7. The van der Waals surface area contributed by atoms with Crippen LogP contribution in [0, 0.1) is 6.92 Å². The average molecular weight is 548 g/mol. The minimum atomic E-state index is -0.622. The number of hydrogen-bond acceptors (Lipinski definition) is 8. The lowest BCUT2D eigenvalue weighted by Gasteiger charge is -2.29. The van der Waals surface area contributed by atoms with Crippen LogP contribution in [0.2, 0.25) is 0 Å². The maximum absolute atomic E-state index is 13.9. The Hall–Kier alpha value is -3.34. The van der Waals surface area contributed by atoms with Crippen molar-refractivity contribution in [1.82, 2.24) is 15.0 Å². The molecule has 0 spiro atoms. The normalized spacial score (nSPS) is 15.5. The highest BCUT2D eigenvalue weighted by molar-refractivity contribution is 8.05. The monoisotopic (exact) mass is 547 g/mol. The lowest BCUT2D eigenvalue weighted by atomic mass is 10.1. The predicted octanol–water partition coefficient (Wildman–Crippen LogP) is 5.72. The number of nitrogens with zero attached hydrogens (tertiary/aromatic N) is 3. The molecule has 0 aliphatic carbocycles. The van der Waals surface area contributed by atoms with Gasteiger partial charge in [0.05, 0.1) is 18.9 Å². The number of fused-ring (bicyclic) bond motifs is 2. The molecule has 194 valence electrons. The van der Waals surface area contributed by atoms with Gasteiger partial charge in [0, 0.05) is 67.6 Å². The Morgan fingerprint density at radius 1 is 1.08 bits per heavy atom. The lowest BCUT2D eigenvalue weighted by Crippen LogP contribution is -2.36. The topological polar surface area (TPSA) is 83.1 Å². The van der Waals surface area contributed by atoms with Crippen molar-refractivity contribution in [3.8, 4) is 11.3 Å². The maximum atomic E-state index is 13.9. The van der Waals surface area contributed by atoms with Gasteiger partial charge in [0.15, 0.2) is 5.82 Å². The van der Waals surface area contributed by atoms with Gasteiger partial charge in [-0.15, -0.1) is 0 Å². The molecule has 38 heavy (non-hydrogen) atoms. The van der Waals surface area contributed by atoms with E-state index >= 15 is 0 Å². The molecule has 4 heterocycles. The van der Waals surface area contributed by atoms with Gasteiger partial charge in [0.25, 0.3) is 0 Å². The van der Waals surface area contributed by atoms with E-state index in [2.05, 4.69) is 43.4 Å². The van der Waals surface area contributed by atoms with Crippen molar-refractivity contribution in [2.24, 2.45) is 0 Å². The number of anilines is 2. The van der Waals surface area contributed by atoms with Gasteiger partial charge >= 0.3 is 0 Å². The molecule has 2 aliphatic heterocycles. The molecule has 1 unspecified atom stereocenters. The fourth-order valence-corrected chi connectivity index (χ4v) is 7.00. The van der Waals surface area contributed by atoms with Crippen LogP contribution >= 0.6 is 23.5 Å². The van der Waals surface area contributed by atoms with E-state index in [1.165, 1.54) is 0 Å². The van der Waals surface area contributed by atoms with Crippen LogP contribution in [0.5, 0.6) is 0 Å². The summed E-state index contributed by atoms with van der Waals surface area (Å²) in [7, 11) is 0. The summed E-state index contributed by atoms with van der Waals surface area (Å²) >= 11 is 3.35. The van der Waals surface area contributed by atoms with Crippen LogP contribution in [0.15, 0.2) is 85.2 Å². The Bertz CT molecular complexity index is 1540. The number of hydrogen-bond donors (Lipinski definition) is 2. The van der Waals surface area contributed by atoms with Crippen LogP contribution in [0.3, 0.4) is 0 Å². The molecule has 2 aliphatic rings. The Kier molecular flexibility index (Phi) is 7.10. The molecule has 4 aromatic rings. The van der Waals surface area contributed by atoms with Crippen molar-refractivity contribution < 1.29 is 9.13 Å². The summed E-state index contributed by atoms with van der Waals surface area (Å²) in [6, 6.07) is 17.1. The number of halogens is 1. The molecule has 6 rings (SSSR count). The number of H-pyrrole nitrogens is 1. The Balaban J connectivity index is 1.28. The molecule has 0 bridgehead atoms. The first-order chi connectivity index (χ1) is 18.6. The largest absolute Gasteiger partial charge is 0.378 e. The van der Waals surface area contributed by atoms with Gasteiger partial charge in [-0.2, -0.15) is 0 Å². The molecule has 2 aromatic heterocycles. The second-order valence-electron chi connectivity index (χ2n) is 9.12. The standard InChI is InChI=1S/C28H26FN5O2S2/c1-17-7-8-30-28(31-17)22(16-29)32-18-5-6-23-25(13-18)37-24-4-2-3-20(27(24)38-23)21-14-19(15-26(35)33-21)34-9-11-36-12-10-34/h2-8,13-15,22,32H,9-12,16H2,1H3,(H,33,35). The maximum Gasteiger partial charge on any atom is 0.250 e. The van der Waals surface area contributed by atoms with Gasteiger partial charge in [0.1, 0.15) is 12.7 Å². The fourth-order valence-electron chi connectivity index (χ4n) is 4.59. The summed E-state index contributed by atoms with van der Waals surface area (Å²) in [5.41, 5.74) is 4.20. The SMILES string of the molecule is Cc1ccnc(C(CF)Nc2ccc3c(c2)Sc2cccc(-c4cc(N5CCOCC5)cc(=O)[nH]4)c2S3)n1. The van der Waals surface area contributed by atoms with Gasteiger partial charge in [0.2, 0.25) is 5.56 Å². The number of alkyl halides is 1. The van der Waals surface area contributed by atoms with E-state index in [0.717, 1.165) is 61.0 Å². The predicted molar refractivity (Wildman–Crippen MR) is 149 cm³/mol. The van der Waals surface area contributed by atoms with Gasteiger partial charge in [-0.3, -0.25) is 4.79 Å². The second kappa shape index (κ2) is 10.8. The highest BCUT2D eigenvalue weighted by Gasteiger charge is 2.23. The lowest BCUT2D eigenvalue weighted by molar-refractivity contribution is 0.122. The summed E-state index contributed by atoms with van der Waals surface area (Å²) in [5.74, 6) is 0.440. The fraction of sp³-hybridized carbons (Fsp3) is 0.250. The van der Waals surface area contributed by atoms with Gasteiger partial charge in [-0.25, -0.2) is 14.4 Å². The quantitative estimate of drug-likeness (QED) is 0.280. The molecule has 1 atom stereocenters. The molecule has 0 amide bonds. The number of benzene rings is 2. The number of aryl methyl sites for hydroxylation is 1. The Labute approximate surface area is 228 Å². The van der Waals surface area contributed by atoms with Crippen molar-refractivity contribution in [1.29, 1.82) is 0 Å². The number of aromatic amines is 1. The first kappa shape index (κ1) is 25.0. The highest BCUT2D eigenvalue weighted by atomic mass is 32.2. The van der Waals surface area contributed by atoms with Crippen molar-refractivity contribution in [2.45, 2.75) is 32.5 Å². The third-order valence-electron chi connectivity index (χ3n) is 6.47. The van der Waals surface area contributed by atoms with E-state index in [9.17, 15) is 9.18 Å². The first-order valence-corrected chi connectivity index (χ1v) is 14.0. The molecule has 1 fully saturated rings. The second-order valence-corrected chi connectivity index (χ2v) is 11.3. The molecule has 0 saturated carbocycles.